The summed E-state index contributed by atoms with van der Waals surface area (Å²) < 4.78 is 11.3. The lowest BCUT2D eigenvalue weighted by Gasteiger charge is -2.12. The number of hydrogen-bond acceptors (Lipinski definition) is 7. The summed E-state index contributed by atoms with van der Waals surface area (Å²) in [5.41, 5.74) is 2.51. The van der Waals surface area contributed by atoms with Gasteiger partial charge in [0.1, 0.15) is 11.6 Å². The molecule has 158 valence electrons. The van der Waals surface area contributed by atoms with E-state index < -0.39 is 0 Å². The van der Waals surface area contributed by atoms with E-state index in [9.17, 15) is 0 Å². The Kier molecular flexibility index (Phi) is 5.39. The third kappa shape index (κ3) is 3.98. The summed E-state index contributed by atoms with van der Waals surface area (Å²) in [6.07, 6.45) is 0. The van der Waals surface area contributed by atoms with E-state index in [0.717, 1.165) is 27.8 Å². The highest BCUT2D eigenvalue weighted by Gasteiger charge is 2.16. The molecule has 0 amide bonds. The fraction of sp³-hybridized carbons (Fsp3) is 0.0833. The lowest BCUT2D eigenvalue weighted by atomic mass is 10.2. The monoisotopic (exact) mass is 443 g/mol. The molecule has 0 spiro atoms. The van der Waals surface area contributed by atoms with Crippen LogP contribution in [0.3, 0.4) is 0 Å². The summed E-state index contributed by atoms with van der Waals surface area (Å²) in [4.78, 5) is 9.30. The van der Waals surface area contributed by atoms with Gasteiger partial charge in [0.15, 0.2) is 0 Å². The second-order valence-corrected chi connectivity index (χ2v) is 7.44. The van der Waals surface area contributed by atoms with E-state index in [4.69, 9.17) is 20.8 Å². The van der Waals surface area contributed by atoms with Gasteiger partial charge in [-0.1, -0.05) is 48.0 Å². The van der Waals surface area contributed by atoms with Crippen molar-refractivity contribution in [3.8, 4) is 28.9 Å². The maximum atomic E-state index is 6.08. The number of halogens is 1. The minimum absolute atomic E-state index is 0.228. The van der Waals surface area contributed by atoms with Gasteiger partial charge in [0, 0.05) is 28.1 Å². The second-order valence-electron chi connectivity index (χ2n) is 7.00. The lowest BCUT2D eigenvalue weighted by molar-refractivity contribution is 0.410. The molecule has 32 heavy (non-hydrogen) atoms. The summed E-state index contributed by atoms with van der Waals surface area (Å²) in [7, 11) is 1.66. The summed E-state index contributed by atoms with van der Waals surface area (Å²) >= 11 is 6.08. The largest absolute Gasteiger partial charge is 0.496 e. The van der Waals surface area contributed by atoms with Crippen LogP contribution in [-0.2, 0) is 6.54 Å². The van der Waals surface area contributed by atoms with Crippen LogP contribution in [0.15, 0.2) is 77.2 Å². The van der Waals surface area contributed by atoms with Crippen LogP contribution in [0.25, 0.3) is 34.1 Å². The van der Waals surface area contributed by atoms with Gasteiger partial charge in [-0.05, 0) is 36.4 Å². The Bertz CT molecular complexity index is 1400. The van der Waals surface area contributed by atoms with Crippen LogP contribution in [0.1, 0.15) is 5.56 Å². The zero-order valence-corrected chi connectivity index (χ0v) is 17.9. The van der Waals surface area contributed by atoms with Crippen molar-refractivity contribution in [2.45, 2.75) is 6.54 Å². The van der Waals surface area contributed by atoms with Crippen LogP contribution in [0.4, 0.5) is 5.82 Å². The molecule has 0 atom stereocenters. The molecule has 0 aliphatic rings. The number of ether oxygens (including phenoxy) is 1. The van der Waals surface area contributed by atoms with Crippen molar-refractivity contribution in [1.82, 2.24) is 20.2 Å². The van der Waals surface area contributed by atoms with Crippen molar-refractivity contribution in [3.05, 3.63) is 83.4 Å². The first kappa shape index (κ1) is 20.0. The zero-order chi connectivity index (χ0) is 21.9. The average molecular weight is 444 g/mol. The maximum Gasteiger partial charge on any atom is 0.286 e. The Morgan fingerprint density at radius 3 is 2.59 bits per heavy atom. The topological polar surface area (TPSA) is 86.0 Å². The Balaban J connectivity index is 1.51. The summed E-state index contributed by atoms with van der Waals surface area (Å²) in [6, 6.07) is 22.8. The van der Waals surface area contributed by atoms with Gasteiger partial charge >= 0.3 is 0 Å². The molecule has 0 fully saturated rings. The number of anilines is 1. The van der Waals surface area contributed by atoms with E-state index in [1.807, 2.05) is 60.7 Å². The Morgan fingerprint density at radius 1 is 0.906 bits per heavy atom. The molecule has 0 saturated carbocycles. The molecule has 7 nitrogen and oxygen atoms in total. The average Bonchev–Trinajstić information content (AvgIpc) is 3.33. The first-order valence-electron chi connectivity index (χ1n) is 9.93. The van der Waals surface area contributed by atoms with Gasteiger partial charge in [-0.25, -0.2) is 9.97 Å². The molecule has 0 unspecified atom stereocenters. The van der Waals surface area contributed by atoms with Gasteiger partial charge in [-0.15, -0.1) is 10.2 Å². The van der Waals surface area contributed by atoms with Crippen molar-refractivity contribution in [3.63, 3.8) is 0 Å². The van der Waals surface area contributed by atoms with Gasteiger partial charge in [0.05, 0.1) is 12.6 Å². The SMILES string of the molecule is COc1ccccc1CNc1nc(-c2nnc(-c3cccc(Cl)c3)o2)nc2ccccc12. The number of aromatic nitrogens is 4. The molecule has 0 radical (unpaired) electrons. The molecule has 0 aliphatic heterocycles. The number of hydrogen-bond donors (Lipinski definition) is 1. The predicted molar refractivity (Wildman–Crippen MR) is 124 cm³/mol. The van der Waals surface area contributed by atoms with E-state index in [1.165, 1.54) is 0 Å². The standard InChI is InChI=1S/C24H18ClN5O2/c1-31-20-12-5-2-7-16(20)14-26-21-18-10-3-4-11-19(18)27-22(28-21)24-30-29-23(32-24)15-8-6-9-17(25)13-15/h2-13H,14H2,1H3,(H,26,27,28). The Morgan fingerprint density at radius 2 is 1.72 bits per heavy atom. The molecule has 5 rings (SSSR count). The Labute approximate surface area is 189 Å². The molecule has 5 aromatic rings. The van der Waals surface area contributed by atoms with Crippen molar-refractivity contribution >= 4 is 28.3 Å². The van der Waals surface area contributed by atoms with Crippen molar-refractivity contribution < 1.29 is 9.15 Å². The molecular weight excluding hydrogens is 426 g/mol. The van der Waals surface area contributed by atoms with Crippen molar-refractivity contribution in [1.29, 1.82) is 0 Å². The van der Waals surface area contributed by atoms with Gasteiger partial charge in [0.2, 0.25) is 11.7 Å². The fourth-order valence-electron chi connectivity index (χ4n) is 3.39. The molecule has 0 bridgehead atoms. The van der Waals surface area contributed by atoms with E-state index >= 15 is 0 Å². The van der Waals surface area contributed by atoms with Crippen LogP contribution in [0, 0.1) is 0 Å². The number of nitrogens with zero attached hydrogens (tertiary/aromatic N) is 4. The highest BCUT2D eigenvalue weighted by molar-refractivity contribution is 6.30. The molecule has 0 aliphatic carbocycles. The first-order valence-corrected chi connectivity index (χ1v) is 10.3. The van der Waals surface area contributed by atoms with Crippen LogP contribution >= 0.6 is 11.6 Å². The van der Waals surface area contributed by atoms with Gasteiger partial charge in [-0.2, -0.15) is 0 Å². The van der Waals surface area contributed by atoms with Gasteiger partial charge in [0.25, 0.3) is 5.89 Å². The highest BCUT2D eigenvalue weighted by Crippen LogP contribution is 2.28. The number of fused-ring (bicyclic) bond motifs is 1. The molecule has 1 N–H and O–H groups in total. The molecule has 2 aromatic heterocycles. The second kappa shape index (κ2) is 8.64. The van der Waals surface area contributed by atoms with E-state index in [0.29, 0.717) is 29.1 Å². The number of para-hydroxylation sites is 2. The number of methoxy groups -OCH3 is 1. The first-order chi connectivity index (χ1) is 15.7. The maximum absolute atomic E-state index is 6.08. The summed E-state index contributed by atoms with van der Waals surface area (Å²) in [6.45, 7) is 0.530. The normalized spacial score (nSPS) is 10.9. The summed E-state index contributed by atoms with van der Waals surface area (Å²) in [5.74, 6) is 2.39. The minimum Gasteiger partial charge on any atom is -0.496 e. The quantitative estimate of drug-likeness (QED) is 0.364. The molecular formula is C24H18ClN5O2. The molecule has 3 aromatic carbocycles. The number of nitrogens with one attached hydrogen (secondary N) is 1. The van der Waals surface area contributed by atoms with Gasteiger partial charge < -0.3 is 14.5 Å². The Hall–Kier alpha value is -3.97. The molecule has 0 saturated heterocycles. The molecule has 8 heteroatoms. The molecule has 2 heterocycles. The number of benzene rings is 3. The minimum atomic E-state index is 0.228. The van der Waals surface area contributed by atoms with E-state index in [2.05, 4.69) is 25.5 Å². The predicted octanol–water partition coefficient (Wildman–Crippen LogP) is 5.62. The van der Waals surface area contributed by atoms with Crippen LogP contribution in [0.5, 0.6) is 5.75 Å². The fourth-order valence-corrected chi connectivity index (χ4v) is 3.58. The lowest BCUT2D eigenvalue weighted by Crippen LogP contribution is -2.05. The van der Waals surface area contributed by atoms with Crippen molar-refractivity contribution in [2.75, 3.05) is 12.4 Å². The van der Waals surface area contributed by atoms with E-state index in [-0.39, 0.29) is 5.89 Å². The van der Waals surface area contributed by atoms with E-state index in [1.54, 1.807) is 19.2 Å². The smallest absolute Gasteiger partial charge is 0.286 e. The summed E-state index contributed by atoms with van der Waals surface area (Å²) in [5, 5.41) is 13.2. The van der Waals surface area contributed by atoms with Crippen LogP contribution < -0.4 is 10.1 Å². The number of rotatable bonds is 6. The van der Waals surface area contributed by atoms with Gasteiger partial charge in [-0.3, -0.25) is 0 Å². The third-order valence-corrected chi connectivity index (χ3v) is 5.16. The third-order valence-electron chi connectivity index (χ3n) is 4.93. The van der Waals surface area contributed by atoms with Crippen molar-refractivity contribution in [2.24, 2.45) is 0 Å². The van der Waals surface area contributed by atoms with Crippen LogP contribution in [-0.4, -0.2) is 27.3 Å². The van der Waals surface area contributed by atoms with Crippen LogP contribution in [0.2, 0.25) is 5.02 Å². The zero-order valence-electron chi connectivity index (χ0n) is 17.1. The highest BCUT2D eigenvalue weighted by atomic mass is 35.5.